The third kappa shape index (κ3) is 2.97. The first kappa shape index (κ1) is 12.8. The van der Waals surface area contributed by atoms with Crippen molar-refractivity contribution in [2.75, 3.05) is 0 Å². The van der Waals surface area contributed by atoms with Gasteiger partial charge in [-0.2, -0.15) is 5.10 Å². The van der Waals surface area contributed by atoms with Crippen LogP contribution < -0.4 is 4.74 Å². The van der Waals surface area contributed by atoms with Crippen LogP contribution in [0.15, 0.2) is 12.3 Å². The fourth-order valence-electron chi connectivity index (χ4n) is 2.45. The van der Waals surface area contributed by atoms with Gasteiger partial charge in [-0.3, -0.25) is 0 Å². The molecule has 0 aromatic carbocycles. The maximum atomic E-state index is 11.0. The monoisotopic (exact) mass is 250 g/mol. The van der Waals surface area contributed by atoms with E-state index in [0.717, 1.165) is 25.7 Å². The molecule has 1 saturated carbocycles. The van der Waals surface area contributed by atoms with Crippen LogP contribution in [0, 0.1) is 5.92 Å². The van der Waals surface area contributed by atoms with Crippen LogP contribution in [0.1, 0.15) is 49.4 Å². The molecule has 1 aromatic rings. The Morgan fingerprint density at radius 2 is 2.39 bits per heavy atom. The molecule has 98 valence electrons. The topological polar surface area (TPSA) is 72.3 Å². The van der Waals surface area contributed by atoms with Gasteiger partial charge in [-0.15, -0.1) is 5.10 Å². The smallest absolute Gasteiger partial charge is 0.341 e. The molecule has 0 spiro atoms. The summed E-state index contributed by atoms with van der Waals surface area (Å²) in [7, 11) is 0. The molecule has 0 amide bonds. The molecular weight excluding hydrogens is 232 g/mol. The van der Waals surface area contributed by atoms with Crippen LogP contribution in [0.3, 0.4) is 0 Å². The summed E-state index contributed by atoms with van der Waals surface area (Å²) in [5.74, 6) is -0.205. The summed E-state index contributed by atoms with van der Waals surface area (Å²) in [6.07, 6.45) is 6.89. The van der Waals surface area contributed by atoms with Crippen molar-refractivity contribution in [1.29, 1.82) is 0 Å². The van der Waals surface area contributed by atoms with E-state index in [0.29, 0.717) is 5.92 Å². The molecule has 1 aliphatic rings. The van der Waals surface area contributed by atoms with Crippen molar-refractivity contribution in [3.63, 3.8) is 0 Å². The number of aromatic carboxylic acids is 1. The van der Waals surface area contributed by atoms with E-state index in [1.54, 1.807) is 0 Å². The van der Waals surface area contributed by atoms with Gasteiger partial charge in [0.05, 0.1) is 6.20 Å². The molecule has 0 aliphatic heterocycles. The van der Waals surface area contributed by atoms with Crippen molar-refractivity contribution < 1.29 is 14.6 Å². The molecule has 1 heterocycles. The predicted octanol–water partition coefficient (Wildman–Crippen LogP) is 2.52. The molecule has 1 aromatic heterocycles. The van der Waals surface area contributed by atoms with E-state index in [-0.39, 0.29) is 17.5 Å². The molecule has 18 heavy (non-hydrogen) atoms. The Labute approximate surface area is 106 Å². The molecule has 5 heteroatoms. The number of carboxylic acid groups (broad SMARTS) is 1. The molecule has 0 radical (unpaired) electrons. The van der Waals surface area contributed by atoms with Crippen molar-refractivity contribution in [3.8, 4) is 5.88 Å². The number of carbonyl (C=O) groups is 1. The summed E-state index contributed by atoms with van der Waals surface area (Å²) in [4.78, 5) is 11.0. The van der Waals surface area contributed by atoms with Gasteiger partial charge in [-0.05, 0) is 31.2 Å². The molecule has 2 atom stereocenters. The summed E-state index contributed by atoms with van der Waals surface area (Å²) in [5.41, 5.74) is 0.0867. The highest BCUT2D eigenvalue weighted by Crippen LogP contribution is 2.29. The predicted molar refractivity (Wildman–Crippen MR) is 65.7 cm³/mol. The van der Waals surface area contributed by atoms with Crippen molar-refractivity contribution in [2.24, 2.45) is 5.92 Å². The van der Waals surface area contributed by atoms with Crippen LogP contribution in [-0.2, 0) is 0 Å². The Bertz CT molecular complexity index is 422. The summed E-state index contributed by atoms with van der Waals surface area (Å²) < 4.78 is 5.73. The molecule has 0 saturated heterocycles. The molecule has 1 fully saturated rings. The van der Waals surface area contributed by atoms with Gasteiger partial charge < -0.3 is 9.84 Å². The Balaban J connectivity index is 2.07. The van der Waals surface area contributed by atoms with E-state index in [4.69, 9.17) is 9.84 Å². The number of carboxylic acids is 1. The van der Waals surface area contributed by atoms with Gasteiger partial charge in [0.25, 0.3) is 0 Å². The standard InChI is InChI=1S/C13H18N2O3/c1-2-9-4-3-5-10(8-9)18-12-11(13(16)17)6-7-14-15-12/h6-7,9-10H,2-5,8H2,1H3,(H,16,17). The highest BCUT2D eigenvalue weighted by atomic mass is 16.5. The van der Waals surface area contributed by atoms with Crippen LogP contribution in [-0.4, -0.2) is 27.4 Å². The largest absolute Gasteiger partial charge is 0.477 e. The van der Waals surface area contributed by atoms with Crippen molar-refractivity contribution >= 4 is 5.97 Å². The van der Waals surface area contributed by atoms with E-state index < -0.39 is 5.97 Å². The lowest BCUT2D eigenvalue weighted by atomic mass is 9.85. The Hall–Kier alpha value is -1.65. The maximum Gasteiger partial charge on any atom is 0.341 e. The molecule has 5 nitrogen and oxygen atoms in total. The number of hydrogen-bond donors (Lipinski definition) is 1. The number of ether oxygens (including phenoxy) is 1. The lowest BCUT2D eigenvalue weighted by Crippen LogP contribution is -2.26. The number of nitrogens with zero attached hydrogens (tertiary/aromatic N) is 2. The summed E-state index contributed by atoms with van der Waals surface area (Å²) in [6, 6.07) is 1.42. The average molecular weight is 250 g/mol. The van der Waals surface area contributed by atoms with Crippen LogP contribution in [0.2, 0.25) is 0 Å². The van der Waals surface area contributed by atoms with E-state index in [2.05, 4.69) is 17.1 Å². The van der Waals surface area contributed by atoms with Crippen molar-refractivity contribution in [1.82, 2.24) is 10.2 Å². The Morgan fingerprint density at radius 3 is 3.11 bits per heavy atom. The minimum atomic E-state index is -1.03. The second kappa shape index (κ2) is 5.80. The van der Waals surface area contributed by atoms with Crippen molar-refractivity contribution in [2.45, 2.75) is 45.1 Å². The molecule has 1 aliphatic carbocycles. The molecule has 2 unspecified atom stereocenters. The number of hydrogen-bond acceptors (Lipinski definition) is 4. The number of rotatable bonds is 4. The highest BCUT2D eigenvalue weighted by Gasteiger charge is 2.24. The minimum absolute atomic E-state index is 0.0681. The third-order valence-electron chi connectivity index (χ3n) is 3.51. The van der Waals surface area contributed by atoms with Gasteiger partial charge in [0.15, 0.2) is 0 Å². The fraction of sp³-hybridized carbons (Fsp3) is 0.615. The Kier molecular flexibility index (Phi) is 4.12. The zero-order valence-corrected chi connectivity index (χ0v) is 10.5. The van der Waals surface area contributed by atoms with Crippen molar-refractivity contribution in [3.05, 3.63) is 17.8 Å². The van der Waals surface area contributed by atoms with E-state index in [1.165, 1.54) is 18.7 Å². The van der Waals surface area contributed by atoms with Gasteiger partial charge in [0.2, 0.25) is 5.88 Å². The van der Waals surface area contributed by atoms with Crippen LogP contribution in [0.4, 0.5) is 0 Å². The van der Waals surface area contributed by atoms with E-state index in [9.17, 15) is 4.79 Å². The van der Waals surface area contributed by atoms with Gasteiger partial charge in [0.1, 0.15) is 11.7 Å². The van der Waals surface area contributed by atoms with Gasteiger partial charge in [-0.25, -0.2) is 4.79 Å². The second-order valence-electron chi connectivity index (χ2n) is 4.74. The molecule has 1 N–H and O–H groups in total. The molecular formula is C13H18N2O3. The summed E-state index contributed by atoms with van der Waals surface area (Å²) in [5, 5.41) is 16.5. The van der Waals surface area contributed by atoms with Gasteiger partial charge in [-0.1, -0.05) is 19.8 Å². The summed E-state index contributed by atoms with van der Waals surface area (Å²) in [6.45, 7) is 2.18. The maximum absolute atomic E-state index is 11.0. The first-order valence-electron chi connectivity index (χ1n) is 6.42. The van der Waals surface area contributed by atoms with Crippen LogP contribution in [0.5, 0.6) is 5.88 Å². The highest BCUT2D eigenvalue weighted by molar-refractivity contribution is 5.89. The normalized spacial score (nSPS) is 23.6. The lowest BCUT2D eigenvalue weighted by Gasteiger charge is -2.28. The number of aromatic nitrogens is 2. The molecule has 0 bridgehead atoms. The first-order valence-corrected chi connectivity index (χ1v) is 6.42. The zero-order chi connectivity index (χ0) is 13.0. The summed E-state index contributed by atoms with van der Waals surface area (Å²) >= 11 is 0. The second-order valence-corrected chi connectivity index (χ2v) is 4.74. The SMILES string of the molecule is CCC1CCCC(Oc2nnccc2C(=O)O)C1. The fourth-order valence-corrected chi connectivity index (χ4v) is 2.45. The van der Waals surface area contributed by atoms with Gasteiger partial charge >= 0.3 is 5.97 Å². The first-order chi connectivity index (χ1) is 8.70. The van der Waals surface area contributed by atoms with Gasteiger partial charge in [0, 0.05) is 0 Å². The Morgan fingerprint density at radius 1 is 1.56 bits per heavy atom. The van der Waals surface area contributed by atoms with Crippen LogP contribution >= 0.6 is 0 Å². The van der Waals surface area contributed by atoms with Crippen LogP contribution in [0.25, 0.3) is 0 Å². The lowest BCUT2D eigenvalue weighted by molar-refractivity contribution is 0.0677. The minimum Gasteiger partial charge on any atom is -0.477 e. The third-order valence-corrected chi connectivity index (χ3v) is 3.51. The zero-order valence-electron chi connectivity index (χ0n) is 10.5. The van der Waals surface area contributed by atoms with E-state index in [1.807, 2.05) is 0 Å². The average Bonchev–Trinajstić information content (AvgIpc) is 2.39. The quantitative estimate of drug-likeness (QED) is 0.888. The van der Waals surface area contributed by atoms with E-state index >= 15 is 0 Å². The molecule has 2 rings (SSSR count).